The van der Waals surface area contributed by atoms with E-state index in [2.05, 4.69) is 46.3 Å². The van der Waals surface area contributed by atoms with Crippen molar-refractivity contribution in [2.45, 2.75) is 13.2 Å². The summed E-state index contributed by atoms with van der Waals surface area (Å²) in [6, 6.07) is 13.7. The second kappa shape index (κ2) is 10.1. The van der Waals surface area contributed by atoms with Gasteiger partial charge in [-0.1, -0.05) is 24.8 Å². The van der Waals surface area contributed by atoms with Crippen molar-refractivity contribution in [2.75, 3.05) is 19.0 Å². The topological polar surface area (TPSA) is 63.4 Å². The minimum Gasteiger partial charge on any atom is -0.457 e. The molecular formula is C23H24N4O2. The van der Waals surface area contributed by atoms with E-state index in [1.54, 1.807) is 12.3 Å². The third-order valence-electron chi connectivity index (χ3n) is 3.98. The molecule has 3 aromatic rings. The molecule has 0 saturated carbocycles. The van der Waals surface area contributed by atoms with Crippen LogP contribution in [0.2, 0.25) is 0 Å². The van der Waals surface area contributed by atoms with Crippen molar-refractivity contribution in [3.63, 3.8) is 0 Å². The smallest absolute Gasteiger partial charge is 0.227 e. The zero-order valence-electron chi connectivity index (χ0n) is 16.5. The molecule has 2 heterocycles. The number of furan rings is 1. The predicted molar refractivity (Wildman–Crippen MR) is 114 cm³/mol. The van der Waals surface area contributed by atoms with Crippen molar-refractivity contribution >= 4 is 11.6 Å². The van der Waals surface area contributed by atoms with Crippen LogP contribution in [0.4, 0.5) is 11.6 Å². The highest BCUT2D eigenvalue weighted by Gasteiger charge is 2.08. The second-order valence-electron chi connectivity index (χ2n) is 6.41. The van der Waals surface area contributed by atoms with Crippen LogP contribution in [0.3, 0.4) is 0 Å². The van der Waals surface area contributed by atoms with Crippen LogP contribution in [0, 0.1) is 0 Å². The standard InChI is InChI=1S/C23H24N4O2/c1-4-13-27(3)16-18-7-6-8-19(15-18)25-23-24-12-11-21(26-23)22-10-9-20(29-22)17-28-14-5-2/h5-13,15H,1-2,14,16-17H2,3H3,(H,24,25,26). The number of hydrogen-bond acceptors (Lipinski definition) is 6. The second-order valence-corrected chi connectivity index (χ2v) is 6.41. The van der Waals surface area contributed by atoms with Crippen LogP contribution in [0.1, 0.15) is 11.3 Å². The van der Waals surface area contributed by atoms with Crippen LogP contribution in [0.5, 0.6) is 0 Å². The van der Waals surface area contributed by atoms with E-state index >= 15 is 0 Å². The van der Waals surface area contributed by atoms with Crippen LogP contribution >= 0.6 is 0 Å². The van der Waals surface area contributed by atoms with Gasteiger partial charge in [-0.05, 0) is 35.9 Å². The van der Waals surface area contributed by atoms with Crippen molar-refractivity contribution in [3.8, 4) is 11.5 Å². The summed E-state index contributed by atoms with van der Waals surface area (Å²) in [5.74, 6) is 1.90. The number of rotatable bonds is 10. The van der Waals surface area contributed by atoms with Gasteiger partial charge in [-0.25, -0.2) is 9.97 Å². The van der Waals surface area contributed by atoms with E-state index in [1.807, 2.05) is 48.5 Å². The Morgan fingerprint density at radius 2 is 2.17 bits per heavy atom. The van der Waals surface area contributed by atoms with Gasteiger partial charge in [-0.15, -0.1) is 12.3 Å². The Morgan fingerprint density at radius 1 is 1.28 bits per heavy atom. The minimum atomic E-state index is 0.393. The van der Waals surface area contributed by atoms with Crippen LogP contribution in [-0.4, -0.2) is 28.5 Å². The first-order valence-corrected chi connectivity index (χ1v) is 9.21. The summed E-state index contributed by atoms with van der Waals surface area (Å²) in [5.41, 5.74) is 5.53. The van der Waals surface area contributed by atoms with Gasteiger partial charge in [-0.3, -0.25) is 0 Å². The van der Waals surface area contributed by atoms with Crippen LogP contribution in [-0.2, 0) is 17.9 Å². The van der Waals surface area contributed by atoms with E-state index in [1.165, 1.54) is 0 Å². The zero-order valence-corrected chi connectivity index (χ0v) is 16.5. The van der Waals surface area contributed by atoms with Gasteiger partial charge in [0.15, 0.2) is 5.76 Å². The average Bonchev–Trinajstić information content (AvgIpc) is 3.18. The lowest BCUT2D eigenvalue weighted by Gasteiger charge is -2.14. The number of ether oxygens (including phenoxy) is 1. The number of hydrogen-bond donors (Lipinski definition) is 1. The molecule has 3 rings (SSSR count). The number of nitrogens with one attached hydrogen (secondary N) is 1. The van der Waals surface area contributed by atoms with E-state index in [4.69, 9.17) is 9.15 Å². The van der Waals surface area contributed by atoms with Crippen LogP contribution in [0.15, 0.2) is 84.2 Å². The van der Waals surface area contributed by atoms with Crippen molar-refractivity contribution in [1.29, 1.82) is 0 Å². The SMILES string of the molecule is C=C=CN(C)Cc1cccc(Nc2nccc(-c3ccc(COCC=C)o3)n2)c1. The summed E-state index contributed by atoms with van der Waals surface area (Å²) in [6.07, 6.45) is 5.22. The van der Waals surface area contributed by atoms with E-state index in [0.717, 1.165) is 23.6 Å². The molecular weight excluding hydrogens is 364 g/mol. The Kier molecular flexibility index (Phi) is 7.00. The molecule has 1 aromatic carbocycles. The van der Waals surface area contributed by atoms with E-state index < -0.39 is 0 Å². The molecule has 0 radical (unpaired) electrons. The monoisotopic (exact) mass is 388 g/mol. The Bertz CT molecular complexity index is 1010. The Labute approximate surface area is 170 Å². The fraction of sp³-hybridized carbons (Fsp3) is 0.174. The maximum absolute atomic E-state index is 5.81. The molecule has 6 nitrogen and oxygen atoms in total. The maximum atomic E-state index is 5.81. The predicted octanol–water partition coefficient (Wildman–Crippen LogP) is 4.91. The first kappa shape index (κ1) is 20.1. The first-order chi connectivity index (χ1) is 14.2. The summed E-state index contributed by atoms with van der Waals surface area (Å²) in [7, 11) is 1.98. The Balaban J connectivity index is 1.70. The van der Waals surface area contributed by atoms with Gasteiger partial charge < -0.3 is 19.4 Å². The highest BCUT2D eigenvalue weighted by Crippen LogP contribution is 2.23. The molecule has 148 valence electrons. The molecule has 0 aliphatic carbocycles. The third-order valence-corrected chi connectivity index (χ3v) is 3.98. The molecule has 1 N–H and O–H groups in total. The zero-order chi connectivity index (χ0) is 20.5. The molecule has 6 heteroatoms. The van der Waals surface area contributed by atoms with E-state index in [0.29, 0.717) is 30.6 Å². The van der Waals surface area contributed by atoms with Crippen molar-refractivity contribution in [2.24, 2.45) is 0 Å². The van der Waals surface area contributed by atoms with Gasteiger partial charge in [0.1, 0.15) is 18.1 Å². The van der Waals surface area contributed by atoms with Gasteiger partial charge >= 0.3 is 0 Å². The van der Waals surface area contributed by atoms with Gasteiger partial charge in [0.2, 0.25) is 5.95 Å². The summed E-state index contributed by atoms with van der Waals surface area (Å²) in [4.78, 5) is 10.9. The van der Waals surface area contributed by atoms with Gasteiger partial charge in [0, 0.05) is 31.7 Å². The lowest BCUT2D eigenvalue weighted by atomic mass is 10.2. The number of nitrogens with zero attached hydrogens (tertiary/aromatic N) is 3. The highest BCUT2D eigenvalue weighted by atomic mass is 16.5. The first-order valence-electron chi connectivity index (χ1n) is 9.21. The maximum Gasteiger partial charge on any atom is 0.227 e. The fourth-order valence-corrected chi connectivity index (χ4v) is 2.76. The molecule has 2 aromatic heterocycles. The Morgan fingerprint density at radius 3 is 3.00 bits per heavy atom. The lowest BCUT2D eigenvalue weighted by molar-refractivity contribution is 0.132. The summed E-state index contributed by atoms with van der Waals surface area (Å²) >= 11 is 0. The summed E-state index contributed by atoms with van der Waals surface area (Å²) < 4.78 is 11.2. The van der Waals surface area contributed by atoms with Crippen molar-refractivity contribution in [1.82, 2.24) is 14.9 Å². The molecule has 0 bridgehead atoms. The molecule has 0 spiro atoms. The molecule has 0 aliphatic heterocycles. The molecule has 0 amide bonds. The molecule has 0 saturated heterocycles. The Hall–Kier alpha value is -3.60. The largest absolute Gasteiger partial charge is 0.457 e. The van der Waals surface area contributed by atoms with E-state index in [9.17, 15) is 0 Å². The van der Waals surface area contributed by atoms with Crippen LogP contribution < -0.4 is 5.32 Å². The number of aromatic nitrogens is 2. The molecule has 0 aliphatic rings. The van der Waals surface area contributed by atoms with Gasteiger partial charge in [0.05, 0.1) is 6.61 Å². The third kappa shape index (κ3) is 5.94. The molecule has 0 atom stereocenters. The minimum absolute atomic E-state index is 0.393. The molecule has 0 unspecified atom stereocenters. The fourth-order valence-electron chi connectivity index (χ4n) is 2.76. The number of anilines is 2. The lowest BCUT2D eigenvalue weighted by Crippen LogP contribution is -2.09. The van der Waals surface area contributed by atoms with Crippen molar-refractivity contribution in [3.05, 3.63) is 91.2 Å². The summed E-state index contributed by atoms with van der Waals surface area (Å²) in [5, 5.41) is 3.25. The van der Waals surface area contributed by atoms with Gasteiger partial charge in [0.25, 0.3) is 0 Å². The highest BCUT2D eigenvalue weighted by molar-refractivity contribution is 5.58. The molecule has 0 fully saturated rings. The normalized spacial score (nSPS) is 10.2. The van der Waals surface area contributed by atoms with E-state index in [-0.39, 0.29) is 0 Å². The quantitative estimate of drug-likeness (QED) is 0.302. The van der Waals surface area contributed by atoms with Crippen LogP contribution in [0.25, 0.3) is 11.5 Å². The average molecular weight is 388 g/mol. The van der Waals surface area contributed by atoms with Gasteiger partial charge in [-0.2, -0.15) is 0 Å². The molecule has 29 heavy (non-hydrogen) atoms. The summed E-state index contributed by atoms with van der Waals surface area (Å²) in [6.45, 7) is 8.85. The number of benzene rings is 1. The van der Waals surface area contributed by atoms with Crippen molar-refractivity contribution < 1.29 is 9.15 Å².